The number of hydrogen-bond donors (Lipinski definition) is 2. The Hall–Kier alpha value is -1.11. The minimum Gasteiger partial charge on any atom is -0.496 e. The van der Waals surface area contributed by atoms with Crippen molar-refractivity contribution < 1.29 is 13.2 Å². The van der Waals surface area contributed by atoms with E-state index in [-0.39, 0.29) is 23.4 Å². The monoisotopic (exact) mass is 286 g/mol. The van der Waals surface area contributed by atoms with Crippen molar-refractivity contribution >= 4 is 10.0 Å². The van der Waals surface area contributed by atoms with Crippen LogP contribution < -0.4 is 15.2 Å². The van der Waals surface area contributed by atoms with Crippen LogP contribution in [0.2, 0.25) is 0 Å². The molecule has 0 amide bonds. The van der Waals surface area contributed by atoms with Gasteiger partial charge < -0.3 is 10.5 Å². The molecule has 5 nitrogen and oxygen atoms in total. The van der Waals surface area contributed by atoms with Crippen LogP contribution in [0, 0.1) is 12.8 Å². The first-order chi connectivity index (χ1) is 8.81. The Morgan fingerprint density at radius 3 is 2.42 bits per heavy atom. The van der Waals surface area contributed by atoms with E-state index in [9.17, 15) is 8.42 Å². The Balaban J connectivity index is 3.03. The molecule has 1 unspecified atom stereocenters. The van der Waals surface area contributed by atoms with Crippen molar-refractivity contribution in [3.05, 3.63) is 23.8 Å². The van der Waals surface area contributed by atoms with Gasteiger partial charge in [-0.05, 0) is 36.6 Å². The van der Waals surface area contributed by atoms with Crippen molar-refractivity contribution in [1.82, 2.24) is 4.72 Å². The van der Waals surface area contributed by atoms with Gasteiger partial charge in [0.25, 0.3) is 0 Å². The van der Waals surface area contributed by atoms with Crippen LogP contribution in [0.25, 0.3) is 0 Å². The summed E-state index contributed by atoms with van der Waals surface area (Å²) in [7, 11) is -2.00. The second-order valence-electron chi connectivity index (χ2n) is 4.84. The van der Waals surface area contributed by atoms with Gasteiger partial charge in [-0.2, -0.15) is 0 Å². The maximum absolute atomic E-state index is 12.3. The van der Waals surface area contributed by atoms with E-state index in [0.717, 1.165) is 5.56 Å². The SMILES string of the molecule is COc1ccc(S(=O)(=O)NC(CN)C(C)C)cc1C. The van der Waals surface area contributed by atoms with Gasteiger partial charge in [0, 0.05) is 12.6 Å². The molecule has 0 fully saturated rings. The van der Waals surface area contributed by atoms with Crippen molar-refractivity contribution in [2.75, 3.05) is 13.7 Å². The summed E-state index contributed by atoms with van der Waals surface area (Å²) in [5, 5.41) is 0. The number of hydrogen-bond acceptors (Lipinski definition) is 4. The quantitative estimate of drug-likeness (QED) is 0.825. The summed E-state index contributed by atoms with van der Waals surface area (Å²) in [5.74, 6) is 0.803. The van der Waals surface area contributed by atoms with Gasteiger partial charge in [0.2, 0.25) is 10.0 Å². The third kappa shape index (κ3) is 3.92. The number of nitrogens with two attached hydrogens (primary N) is 1. The first-order valence-electron chi connectivity index (χ1n) is 6.19. The Morgan fingerprint density at radius 2 is 2.00 bits per heavy atom. The lowest BCUT2D eigenvalue weighted by Crippen LogP contribution is -2.43. The molecule has 0 saturated heterocycles. The van der Waals surface area contributed by atoms with Crippen molar-refractivity contribution in [3.8, 4) is 5.75 Å². The predicted molar refractivity (Wildman–Crippen MR) is 75.7 cm³/mol. The summed E-state index contributed by atoms with van der Waals surface area (Å²) < 4.78 is 32.2. The predicted octanol–water partition coefficient (Wildman–Crippen LogP) is 1.27. The first kappa shape index (κ1) is 15.9. The molecular formula is C13H22N2O3S. The molecule has 19 heavy (non-hydrogen) atoms. The van der Waals surface area contributed by atoms with Crippen molar-refractivity contribution in [3.63, 3.8) is 0 Å². The topological polar surface area (TPSA) is 81.4 Å². The van der Waals surface area contributed by atoms with Crippen LogP contribution in [0.15, 0.2) is 23.1 Å². The van der Waals surface area contributed by atoms with Gasteiger partial charge in [0.05, 0.1) is 12.0 Å². The number of aryl methyl sites for hydroxylation is 1. The van der Waals surface area contributed by atoms with Gasteiger partial charge in [-0.3, -0.25) is 0 Å². The molecule has 1 rings (SSSR count). The second-order valence-corrected chi connectivity index (χ2v) is 6.55. The van der Waals surface area contributed by atoms with E-state index in [4.69, 9.17) is 10.5 Å². The molecule has 0 bridgehead atoms. The van der Waals surface area contributed by atoms with E-state index < -0.39 is 10.0 Å². The zero-order valence-corrected chi connectivity index (χ0v) is 12.6. The van der Waals surface area contributed by atoms with E-state index >= 15 is 0 Å². The fraction of sp³-hybridized carbons (Fsp3) is 0.538. The number of rotatable bonds is 6. The fourth-order valence-electron chi connectivity index (χ4n) is 1.74. The van der Waals surface area contributed by atoms with E-state index in [1.807, 2.05) is 13.8 Å². The average Bonchev–Trinajstić information content (AvgIpc) is 2.35. The number of methoxy groups -OCH3 is 1. The first-order valence-corrected chi connectivity index (χ1v) is 7.67. The molecule has 0 aliphatic heterocycles. The highest BCUT2D eigenvalue weighted by Gasteiger charge is 2.21. The fourth-order valence-corrected chi connectivity index (χ4v) is 3.22. The minimum absolute atomic E-state index is 0.138. The molecule has 108 valence electrons. The van der Waals surface area contributed by atoms with Crippen LogP contribution >= 0.6 is 0 Å². The third-order valence-electron chi connectivity index (χ3n) is 3.04. The van der Waals surface area contributed by atoms with Crippen molar-refractivity contribution in [1.29, 1.82) is 0 Å². The molecule has 0 aliphatic carbocycles. The average molecular weight is 286 g/mol. The van der Waals surface area contributed by atoms with Crippen molar-refractivity contribution in [2.45, 2.75) is 31.7 Å². The minimum atomic E-state index is -3.55. The molecule has 0 aliphatic rings. The third-order valence-corrected chi connectivity index (χ3v) is 4.53. The molecule has 0 saturated carbocycles. The second kappa shape index (κ2) is 6.36. The summed E-state index contributed by atoms with van der Waals surface area (Å²) in [5.41, 5.74) is 6.36. The van der Waals surface area contributed by atoms with E-state index in [1.54, 1.807) is 26.2 Å². The van der Waals surface area contributed by atoms with Crippen LogP contribution in [-0.2, 0) is 10.0 Å². The Bertz CT molecular complexity index is 527. The van der Waals surface area contributed by atoms with Crippen molar-refractivity contribution in [2.24, 2.45) is 11.7 Å². The highest BCUT2D eigenvalue weighted by atomic mass is 32.2. The van der Waals surface area contributed by atoms with Gasteiger partial charge in [0.1, 0.15) is 5.75 Å². The lowest BCUT2D eigenvalue weighted by Gasteiger charge is -2.20. The van der Waals surface area contributed by atoms with Crippen LogP contribution in [0.3, 0.4) is 0 Å². The van der Waals surface area contributed by atoms with Crippen LogP contribution in [0.4, 0.5) is 0 Å². The highest BCUT2D eigenvalue weighted by Crippen LogP contribution is 2.21. The smallest absolute Gasteiger partial charge is 0.240 e. The van der Waals surface area contributed by atoms with Gasteiger partial charge in [-0.25, -0.2) is 13.1 Å². The van der Waals surface area contributed by atoms with E-state index in [2.05, 4.69) is 4.72 Å². The Labute approximate surface area is 115 Å². The Kier molecular flexibility index (Phi) is 5.34. The molecule has 0 heterocycles. The molecule has 0 aromatic heterocycles. The molecular weight excluding hydrogens is 264 g/mol. The highest BCUT2D eigenvalue weighted by molar-refractivity contribution is 7.89. The van der Waals surface area contributed by atoms with E-state index in [1.165, 1.54) is 6.07 Å². The van der Waals surface area contributed by atoms with Crippen LogP contribution in [0.5, 0.6) is 5.75 Å². The summed E-state index contributed by atoms with van der Waals surface area (Å²) in [6, 6.07) is 4.50. The van der Waals surface area contributed by atoms with Gasteiger partial charge in [-0.15, -0.1) is 0 Å². The molecule has 6 heteroatoms. The number of nitrogens with one attached hydrogen (secondary N) is 1. The standard InChI is InChI=1S/C13H22N2O3S/c1-9(2)12(8-14)15-19(16,17)11-5-6-13(18-4)10(3)7-11/h5-7,9,12,15H,8,14H2,1-4H3. The lowest BCUT2D eigenvalue weighted by molar-refractivity contribution is 0.411. The molecule has 0 radical (unpaired) electrons. The number of ether oxygens (including phenoxy) is 1. The molecule has 1 aromatic rings. The van der Waals surface area contributed by atoms with Gasteiger partial charge >= 0.3 is 0 Å². The van der Waals surface area contributed by atoms with Gasteiger partial charge in [-0.1, -0.05) is 13.8 Å². The molecule has 0 spiro atoms. The molecule has 3 N–H and O–H groups in total. The number of sulfonamides is 1. The summed E-state index contributed by atoms with van der Waals surface area (Å²) >= 11 is 0. The maximum atomic E-state index is 12.3. The summed E-state index contributed by atoms with van der Waals surface area (Å²) in [6.45, 7) is 5.94. The van der Waals surface area contributed by atoms with Crippen LogP contribution in [-0.4, -0.2) is 28.1 Å². The van der Waals surface area contributed by atoms with Crippen LogP contribution in [0.1, 0.15) is 19.4 Å². The zero-order chi connectivity index (χ0) is 14.6. The summed E-state index contributed by atoms with van der Waals surface area (Å²) in [4.78, 5) is 0.227. The molecule has 1 atom stereocenters. The largest absolute Gasteiger partial charge is 0.496 e. The lowest BCUT2D eigenvalue weighted by atomic mass is 10.1. The maximum Gasteiger partial charge on any atom is 0.240 e. The van der Waals surface area contributed by atoms with E-state index in [0.29, 0.717) is 5.75 Å². The number of benzene rings is 1. The van der Waals surface area contributed by atoms with Gasteiger partial charge in [0.15, 0.2) is 0 Å². The molecule has 1 aromatic carbocycles. The normalized spacial score (nSPS) is 13.6. The zero-order valence-electron chi connectivity index (χ0n) is 11.8. The Morgan fingerprint density at radius 1 is 1.37 bits per heavy atom. The summed E-state index contributed by atoms with van der Waals surface area (Å²) in [6.07, 6.45) is 0.